The Morgan fingerprint density at radius 3 is 3.00 bits per heavy atom. The van der Waals surface area contributed by atoms with Gasteiger partial charge in [0.05, 0.1) is 22.9 Å². The zero-order valence-electron chi connectivity index (χ0n) is 8.27. The average molecular weight is 239 g/mol. The lowest BCUT2D eigenvalue weighted by atomic mass is 10.2. The quantitative estimate of drug-likeness (QED) is 0.875. The largest absolute Gasteiger partial charge is 0.375 e. The first-order valence-corrected chi connectivity index (χ1v) is 5.92. The summed E-state index contributed by atoms with van der Waals surface area (Å²) in [7, 11) is 0. The molecule has 0 amide bonds. The highest BCUT2D eigenvalue weighted by Crippen LogP contribution is 2.26. The van der Waals surface area contributed by atoms with E-state index in [1.807, 2.05) is 6.07 Å². The molecule has 0 aliphatic rings. The molecule has 0 saturated heterocycles. The molecule has 2 rings (SSSR count). The van der Waals surface area contributed by atoms with Gasteiger partial charge in [0.1, 0.15) is 0 Å². The van der Waals surface area contributed by atoms with Crippen molar-refractivity contribution in [3.8, 4) is 0 Å². The molecule has 0 radical (unpaired) electrons. The Kier molecular flexibility index (Phi) is 3.23. The Labute approximate surface area is 97.9 Å². The fourth-order valence-corrected chi connectivity index (χ4v) is 2.22. The van der Waals surface area contributed by atoms with Crippen LogP contribution in [0.2, 0.25) is 5.02 Å². The van der Waals surface area contributed by atoms with Crippen molar-refractivity contribution in [1.29, 1.82) is 0 Å². The Morgan fingerprint density at radius 1 is 1.47 bits per heavy atom. The van der Waals surface area contributed by atoms with E-state index >= 15 is 0 Å². The van der Waals surface area contributed by atoms with Crippen LogP contribution in [0, 0.1) is 0 Å². The first-order chi connectivity index (χ1) is 7.27. The summed E-state index contributed by atoms with van der Waals surface area (Å²) in [5.74, 6) is 0. The van der Waals surface area contributed by atoms with E-state index < -0.39 is 0 Å². The summed E-state index contributed by atoms with van der Waals surface area (Å²) in [6, 6.07) is 6.19. The van der Waals surface area contributed by atoms with Crippen LogP contribution in [0.15, 0.2) is 36.0 Å². The van der Waals surface area contributed by atoms with E-state index in [0.717, 1.165) is 5.69 Å². The van der Waals surface area contributed by atoms with E-state index in [1.165, 1.54) is 4.88 Å². The molecule has 0 spiro atoms. The number of rotatable bonds is 3. The molecule has 0 aromatic carbocycles. The van der Waals surface area contributed by atoms with Crippen LogP contribution >= 0.6 is 22.9 Å². The maximum Gasteiger partial charge on any atom is 0.0721 e. The van der Waals surface area contributed by atoms with Crippen molar-refractivity contribution >= 4 is 28.6 Å². The van der Waals surface area contributed by atoms with Gasteiger partial charge in [0.15, 0.2) is 0 Å². The summed E-state index contributed by atoms with van der Waals surface area (Å²) in [6.45, 7) is 2.11. The van der Waals surface area contributed by atoms with Crippen LogP contribution in [0.3, 0.4) is 0 Å². The first kappa shape index (κ1) is 10.5. The zero-order valence-corrected chi connectivity index (χ0v) is 9.85. The van der Waals surface area contributed by atoms with Crippen molar-refractivity contribution in [2.24, 2.45) is 0 Å². The van der Waals surface area contributed by atoms with Crippen molar-refractivity contribution in [1.82, 2.24) is 4.98 Å². The van der Waals surface area contributed by atoms with Crippen LogP contribution in [0.4, 0.5) is 5.69 Å². The molecule has 2 aromatic rings. The monoisotopic (exact) mass is 238 g/mol. The van der Waals surface area contributed by atoms with Crippen molar-refractivity contribution in [3.63, 3.8) is 0 Å². The fraction of sp³-hybridized carbons (Fsp3) is 0.182. The van der Waals surface area contributed by atoms with Gasteiger partial charge in [0.25, 0.3) is 0 Å². The van der Waals surface area contributed by atoms with Gasteiger partial charge in [0, 0.05) is 11.1 Å². The predicted octanol–water partition coefficient (Wildman–Crippen LogP) is 3.97. The first-order valence-electron chi connectivity index (χ1n) is 4.67. The fourth-order valence-electron chi connectivity index (χ4n) is 1.33. The van der Waals surface area contributed by atoms with Gasteiger partial charge in [-0.25, -0.2) is 0 Å². The van der Waals surface area contributed by atoms with Crippen molar-refractivity contribution in [3.05, 3.63) is 45.9 Å². The predicted molar refractivity (Wildman–Crippen MR) is 65.6 cm³/mol. The smallest absolute Gasteiger partial charge is 0.0721 e. The van der Waals surface area contributed by atoms with Gasteiger partial charge < -0.3 is 5.32 Å². The van der Waals surface area contributed by atoms with Crippen LogP contribution in [-0.2, 0) is 0 Å². The Balaban J connectivity index is 2.13. The van der Waals surface area contributed by atoms with Crippen LogP contribution in [0.25, 0.3) is 0 Å². The number of thiophene rings is 1. The summed E-state index contributed by atoms with van der Waals surface area (Å²) in [4.78, 5) is 5.32. The molecule has 0 fully saturated rings. The number of hydrogen-bond donors (Lipinski definition) is 1. The average Bonchev–Trinajstić information content (AvgIpc) is 2.74. The molecule has 0 aliphatic carbocycles. The molecule has 0 saturated carbocycles. The molecule has 15 heavy (non-hydrogen) atoms. The molecule has 1 atom stereocenters. The van der Waals surface area contributed by atoms with E-state index in [2.05, 4.69) is 28.7 Å². The van der Waals surface area contributed by atoms with E-state index in [4.69, 9.17) is 11.6 Å². The third-order valence-electron chi connectivity index (χ3n) is 2.11. The number of halogens is 1. The molecule has 2 nitrogen and oxygen atoms in total. The summed E-state index contributed by atoms with van der Waals surface area (Å²) >= 11 is 7.76. The van der Waals surface area contributed by atoms with Crippen molar-refractivity contribution in [2.75, 3.05) is 5.32 Å². The SMILES string of the molecule is CC(Nc1cnccc1Cl)c1cccs1. The van der Waals surface area contributed by atoms with Crippen LogP contribution in [0.5, 0.6) is 0 Å². The van der Waals surface area contributed by atoms with Gasteiger partial charge in [-0.2, -0.15) is 0 Å². The van der Waals surface area contributed by atoms with E-state index in [9.17, 15) is 0 Å². The number of anilines is 1. The second kappa shape index (κ2) is 4.64. The minimum atomic E-state index is 0.256. The summed E-state index contributed by atoms with van der Waals surface area (Å²) in [5, 5.41) is 6.10. The Bertz CT molecular complexity index is 428. The maximum atomic E-state index is 6.03. The molecule has 1 unspecified atom stereocenters. The molecule has 2 aromatic heterocycles. The molecule has 0 bridgehead atoms. The molecular weight excluding hydrogens is 228 g/mol. The number of pyridine rings is 1. The maximum absolute atomic E-state index is 6.03. The van der Waals surface area contributed by atoms with Gasteiger partial charge in [0.2, 0.25) is 0 Å². The van der Waals surface area contributed by atoms with Crippen molar-refractivity contribution < 1.29 is 0 Å². The lowest BCUT2D eigenvalue weighted by Crippen LogP contribution is -2.05. The lowest BCUT2D eigenvalue weighted by Gasteiger charge is -2.14. The van der Waals surface area contributed by atoms with Crippen LogP contribution in [0.1, 0.15) is 17.8 Å². The second-order valence-corrected chi connectivity index (χ2v) is 4.62. The van der Waals surface area contributed by atoms with Crippen molar-refractivity contribution in [2.45, 2.75) is 13.0 Å². The van der Waals surface area contributed by atoms with Crippen LogP contribution < -0.4 is 5.32 Å². The number of hydrogen-bond acceptors (Lipinski definition) is 3. The summed E-state index contributed by atoms with van der Waals surface area (Å²) in [6.07, 6.45) is 3.43. The normalized spacial score (nSPS) is 12.4. The minimum Gasteiger partial charge on any atom is -0.375 e. The minimum absolute atomic E-state index is 0.256. The number of nitrogens with one attached hydrogen (secondary N) is 1. The molecule has 1 N–H and O–H groups in total. The highest BCUT2D eigenvalue weighted by atomic mass is 35.5. The van der Waals surface area contributed by atoms with Gasteiger partial charge in [-0.15, -0.1) is 11.3 Å². The molecule has 2 heterocycles. The van der Waals surface area contributed by atoms with Gasteiger partial charge in [-0.3, -0.25) is 4.98 Å². The number of nitrogens with zero attached hydrogens (tertiary/aromatic N) is 1. The second-order valence-electron chi connectivity index (χ2n) is 3.24. The standard InChI is InChI=1S/C11H11ClN2S/c1-8(11-3-2-6-15-11)14-10-7-13-5-4-9(10)12/h2-8,14H,1H3. The van der Waals surface area contributed by atoms with E-state index in [0.29, 0.717) is 5.02 Å². The molecular formula is C11H11ClN2S. The highest BCUT2D eigenvalue weighted by Gasteiger charge is 2.07. The zero-order chi connectivity index (χ0) is 10.7. The van der Waals surface area contributed by atoms with Gasteiger partial charge in [-0.05, 0) is 24.4 Å². The Hall–Kier alpha value is -1.06. The van der Waals surface area contributed by atoms with E-state index in [1.54, 1.807) is 29.8 Å². The molecule has 78 valence electrons. The van der Waals surface area contributed by atoms with E-state index in [-0.39, 0.29) is 6.04 Å². The number of aromatic nitrogens is 1. The topological polar surface area (TPSA) is 24.9 Å². The third kappa shape index (κ3) is 2.49. The third-order valence-corrected chi connectivity index (χ3v) is 3.49. The summed E-state index contributed by atoms with van der Waals surface area (Å²) in [5.41, 5.74) is 0.875. The van der Waals surface area contributed by atoms with Gasteiger partial charge >= 0.3 is 0 Å². The molecule has 0 aliphatic heterocycles. The Morgan fingerprint density at radius 2 is 2.33 bits per heavy atom. The highest BCUT2D eigenvalue weighted by molar-refractivity contribution is 7.10. The lowest BCUT2D eigenvalue weighted by molar-refractivity contribution is 0.906. The molecule has 4 heteroatoms. The summed E-state index contributed by atoms with van der Waals surface area (Å²) < 4.78 is 0. The van der Waals surface area contributed by atoms with Crippen LogP contribution in [-0.4, -0.2) is 4.98 Å². The van der Waals surface area contributed by atoms with Gasteiger partial charge in [-0.1, -0.05) is 17.7 Å².